The minimum atomic E-state index is -3.05. The molecule has 2 amide bonds. The number of aromatic amines is 1. The Hall–Kier alpha value is -1.62. The van der Waals surface area contributed by atoms with Crippen LogP contribution in [0, 0.1) is 5.92 Å². The van der Waals surface area contributed by atoms with Gasteiger partial charge in [-0.3, -0.25) is 14.7 Å². The molecular weight excluding hydrogens is 426 g/mol. The lowest BCUT2D eigenvalue weighted by atomic mass is 10.0. The van der Waals surface area contributed by atoms with Crippen LogP contribution in [0.5, 0.6) is 0 Å². The quantitative estimate of drug-likeness (QED) is 0.505. The molecule has 30 heavy (non-hydrogen) atoms. The average Bonchev–Trinajstić information content (AvgIpc) is 3.44. The number of aryl methyl sites for hydroxylation is 1. The van der Waals surface area contributed by atoms with Crippen molar-refractivity contribution in [3.05, 3.63) is 5.82 Å². The van der Waals surface area contributed by atoms with Crippen molar-refractivity contribution in [3.8, 4) is 0 Å². The van der Waals surface area contributed by atoms with Gasteiger partial charge in [-0.1, -0.05) is 37.4 Å². The normalized spacial score (nSPS) is 21.0. The Morgan fingerprint density at radius 3 is 2.70 bits per heavy atom. The van der Waals surface area contributed by atoms with E-state index in [1.54, 1.807) is 0 Å². The van der Waals surface area contributed by atoms with Gasteiger partial charge in [-0.05, 0) is 25.7 Å². The Balaban J connectivity index is 1.39. The van der Waals surface area contributed by atoms with E-state index < -0.39 is 9.84 Å². The Bertz CT molecular complexity index is 836. The zero-order valence-electron chi connectivity index (χ0n) is 17.4. The summed E-state index contributed by atoms with van der Waals surface area (Å²) < 4.78 is 23.0. The van der Waals surface area contributed by atoms with E-state index in [0.29, 0.717) is 18.1 Å². The summed E-state index contributed by atoms with van der Waals surface area (Å²) in [7, 11) is -3.05. The molecule has 1 saturated carbocycles. The molecule has 2 N–H and O–H groups in total. The largest absolute Gasteiger partial charge is 0.351 e. The highest BCUT2D eigenvalue weighted by Gasteiger charge is 2.29. The maximum Gasteiger partial charge on any atom is 0.239 e. The number of carbonyl (C=O) groups is 2. The van der Waals surface area contributed by atoms with Gasteiger partial charge < -0.3 is 10.2 Å². The summed E-state index contributed by atoms with van der Waals surface area (Å²) in [6.07, 6.45) is 7.70. The number of hydrogen-bond donors (Lipinski definition) is 2. The van der Waals surface area contributed by atoms with Crippen LogP contribution in [0.15, 0.2) is 5.16 Å². The van der Waals surface area contributed by atoms with Gasteiger partial charge in [-0.15, -0.1) is 5.10 Å². The zero-order valence-corrected chi connectivity index (χ0v) is 19.1. The van der Waals surface area contributed by atoms with Crippen molar-refractivity contribution in [1.82, 2.24) is 25.4 Å². The lowest BCUT2D eigenvalue weighted by molar-refractivity contribution is -0.134. The van der Waals surface area contributed by atoms with Crippen LogP contribution in [0.3, 0.4) is 0 Å². The summed E-state index contributed by atoms with van der Waals surface area (Å²) in [4.78, 5) is 30.6. The van der Waals surface area contributed by atoms with E-state index in [1.807, 2.05) is 6.92 Å². The number of amides is 2. The van der Waals surface area contributed by atoms with Crippen LogP contribution in [0.4, 0.5) is 0 Å². The van der Waals surface area contributed by atoms with Gasteiger partial charge in [0.05, 0.1) is 23.8 Å². The Kier molecular flexibility index (Phi) is 8.15. The van der Waals surface area contributed by atoms with Crippen LogP contribution < -0.4 is 5.32 Å². The molecule has 9 nitrogen and oxygen atoms in total. The number of thioether (sulfide) groups is 1. The van der Waals surface area contributed by atoms with Gasteiger partial charge >= 0.3 is 0 Å². The lowest BCUT2D eigenvalue weighted by Crippen LogP contribution is -2.45. The average molecular weight is 458 g/mol. The standard InChI is InChI=1S/C19H31N5O4S2/c1-2-24(11-17(25)20-15-9-10-30(27,28)13-15)18(26)12-29-19-21-16(22-23-19)8-7-14-5-3-4-6-14/h14-15H,2-13H2,1H3,(H,20,25)(H,21,22,23). The smallest absolute Gasteiger partial charge is 0.239 e. The molecule has 2 fully saturated rings. The number of aromatic nitrogens is 3. The summed E-state index contributed by atoms with van der Waals surface area (Å²) in [5.74, 6) is 1.38. The van der Waals surface area contributed by atoms with Gasteiger partial charge in [0.1, 0.15) is 5.82 Å². The highest BCUT2D eigenvalue weighted by atomic mass is 32.2. The predicted molar refractivity (Wildman–Crippen MR) is 115 cm³/mol. The fourth-order valence-corrected chi connectivity index (χ4v) is 6.44. The van der Waals surface area contributed by atoms with E-state index in [1.165, 1.54) is 42.3 Å². The molecule has 1 aromatic rings. The van der Waals surface area contributed by atoms with Gasteiger partial charge in [0.2, 0.25) is 17.0 Å². The number of rotatable bonds is 10. The first kappa shape index (κ1) is 23.1. The molecule has 1 aliphatic heterocycles. The molecule has 11 heteroatoms. The van der Waals surface area contributed by atoms with Crippen LogP contribution in [0.25, 0.3) is 0 Å². The number of sulfone groups is 1. The van der Waals surface area contributed by atoms with Gasteiger partial charge in [-0.25, -0.2) is 13.4 Å². The summed E-state index contributed by atoms with van der Waals surface area (Å²) in [5, 5.41) is 10.4. The van der Waals surface area contributed by atoms with Crippen molar-refractivity contribution in [1.29, 1.82) is 0 Å². The molecule has 1 atom stereocenters. The van der Waals surface area contributed by atoms with Crippen molar-refractivity contribution in [2.24, 2.45) is 5.92 Å². The SMILES string of the molecule is CCN(CC(=O)NC1CCS(=O)(=O)C1)C(=O)CSc1n[nH]c(CCC2CCCC2)n1. The minimum Gasteiger partial charge on any atom is -0.351 e. The second kappa shape index (κ2) is 10.6. The summed E-state index contributed by atoms with van der Waals surface area (Å²) in [6, 6.07) is -0.360. The Morgan fingerprint density at radius 1 is 1.27 bits per heavy atom. The van der Waals surface area contributed by atoms with E-state index in [2.05, 4.69) is 20.5 Å². The monoisotopic (exact) mass is 457 g/mol. The maximum atomic E-state index is 12.5. The third-order valence-corrected chi connectivity index (χ3v) is 8.37. The Morgan fingerprint density at radius 2 is 2.03 bits per heavy atom. The van der Waals surface area contributed by atoms with Crippen molar-refractivity contribution >= 4 is 33.4 Å². The Labute approximate surface area is 182 Å². The highest BCUT2D eigenvalue weighted by Crippen LogP contribution is 2.28. The van der Waals surface area contributed by atoms with Gasteiger partial charge in [0.25, 0.3) is 0 Å². The molecule has 0 spiro atoms. The van der Waals surface area contributed by atoms with Gasteiger partial charge in [0.15, 0.2) is 9.84 Å². The minimum absolute atomic E-state index is 0.0252. The number of hydrogen-bond acceptors (Lipinski definition) is 7. The molecule has 0 bridgehead atoms. The molecule has 2 aliphatic rings. The lowest BCUT2D eigenvalue weighted by Gasteiger charge is -2.21. The summed E-state index contributed by atoms with van der Waals surface area (Å²) in [5.41, 5.74) is 0. The van der Waals surface area contributed by atoms with Gasteiger partial charge in [-0.2, -0.15) is 0 Å². The third-order valence-electron chi connectivity index (χ3n) is 5.77. The first-order chi connectivity index (χ1) is 14.3. The number of likely N-dealkylation sites (N-methyl/N-ethyl adjacent to an activating group) is 1. The van der Waals surface area contributed by atoms with E-state index >= 15 is 0 Å². The summed E-state index contributed by atoms with van der Waals surface area (Å²) >= 11 is 1.26. The molecule has 0 radical (unpaired) electrons. The molecule has 0 aromatic carbocycles. The van der Waals surface area contributed by atoms with E-state index in [0.717, 1.165) is 24.6 Å². The van der Waals surface area contributed by atoms with Crippen LogP contribution in [0.2, 0.25) is 0 Å². The number of carbonyl (C=O) groups excluding carboxylic acids is 2. The first-order valence-electron chi connectivity index (χ1n) is 10.7. The van der Waals surface area contributed by atoms with E-state index in [9.17, 15) is 18.0 Å². The molecule has 2 heterocycles. The zero-order chi connectivity index (χ0) is 21.6. The molecule has 1 unspecified atom stereocenters. The first-order valence-corrected chi connectivity index (χ1v) is 13.5. The second-order valence-corrected chi connectivity index (χ2v) is 11.3. The van der Waals surface area contributed by atoms with Crippen molar-refractivity contribution in [2.45, 2.75) is 63.1 Å². The van der Waals surface area contributed by atoms with Crippen LogP contribution in [-0.4, -0.2) is 76.7 Å². The van der Waals surface area contributed by atoms with E-state index in [4.69, 9.17) is 0 Å². The van der Waals surface area contributed by atoms with Gasteiger partial charge in [0, 0.05) is 19.0 Å². The van der Waals surface area contributed by atoms with Crippen molar-refractivity contribution in [2.75, 3.05) is 30.3 Å². The topological polar surface area (TPSA) is 125 Å². The maximum absolute atomic E-state index is 12.5. The third kappa shape index (κ3) is 6.97. The summed E-state index contributed by atoms with van der Waals surface area (Å²) in [6.45, 7) is 2.13. The molecule has 168 valence electrons. The van der Waals surface area contributed by atoms with Crippen molar-refractivity contribution < 1.29 is 18.0 Å². The number of H-pyrrole nitrogens is 1. The number of nitrogens with one attached hydrogen (secondary N) is 2. The molecule has 1 aliphatic carbocycles. The highest BCUT2D eigenvalue weighted by molar-refractivity contribution is 7.99. The van der Waals surface area contributed by atoms with Crippen molar-refractivity contribution in [3.63, 3.8) is 0 Å². The fraction of sp³-hybridized carbons (Fsp3) is 0.789. The van der Waals surface area contributed by atoms with Crippen LogP contribution in [-0.2, 0) is 25.8 Å². The predicted octanol–water partition coefficient (Wildman–Crippen LogP) is 1.17. The molecule has 1 saturated heterocycles. The molecule has 1 aromatic heterocycles. The fourth-order valence-electron chi connectivity index (χ4n) is 4.04. The van der Waals surface area contributed by atoms with Crippen LogP contribution in [0.1, 0.15) is 51.3 Å². The molecule has 3 rings (SSSR count). The second-order valence-electron chi connectivity index (χ2n) is 8.12. The molecular formula is C19H31N5O4S2. The van der Waals surface area contributed by atoms with Crippen LogP contribution >= 0.6 is 11.8 Å². The number of nitrogens with zero attached hydrogens (tertiary/aromatic N) is 3. The van der Waals surface area contributed by atoms with E-state index in [-0.39, 0.29) is 41.7 Å².